The van der Waals surface area contributed by atoms with Crippen LogP contribution in [0, 0.1) is 6.92 Å². The van der Waals surface area contributed by atoms with Gasteiger partial charge in [-0.25, -0.2) is 9.78 Å². The number of nitrogens with one attached hydrogen (secondary N) is 2. The number of aromatic amines is 1. The van der Waals surface area contributed by atoms with Crippen LogP contribution < -0.4 is 15.0 Å². The summed E-state index contributed by atoms with van der Waals surface area (Å²) in [6.45, 7) is 2.99. The third kappa shape index (κ3) is 4.46. The van der Waals surface area contributed by atoms with Gasteiger partial charge in [0.1, 0.15) is 5.69 Å². The number of rotatable bonds is 5. The molecule has 0 radical (unpaired) electrons. The van der Waals surface area contributed by atoms with Gasteiger partial charge in [-0.3, -0.25) is 4.79 Å². The maximum absolute atomic E-state index is 12.6. The van der Waals surface area contributed by atoms with Crippen molar-refractivity contribution in [3.05, 3.63) is 40.7 Å². The molecule has 0 aliphatic carbocycles. The molecule has 11 heteroatoms. The first-order valence-corrected chi connectivity index (χ1v) is 10.8. The molecule has 0 saturated carbocycles. The summed E-state index contributed by atoms with van der Waals surface area (Å²) in [5.74, 6) is 0.0324. The van der Waals surface area contributed by atoms with Crippen LogP contribution in [0.3, 0.4) is 0 Å². The van der Waals surface area contributed by atoms with E-state index in [1.807, 2.05) is 6.07 Å². The molecular weight excluding hydrogens is 444 g/mol. The monoisotopic (exact) mass is 464 g/mol. The number of hydrogen-bond acceptors (Lipinski definition) is 7. The Morgan fingerprint density at radius 1 is 1.42 bits per heavy atom. The van der Waals surface area contributed by atoms with Crippen LogP contribution in [0.2, 0.25) is 5.02 Å². The van der Waals surface area contributed by atoms with Crippen LogP contribution in [0.5, 0.6) is 5.75 Å². The molecular formula is C20H21ClN4O5S. The zero-order valence-corrected chi connectivity index (χ0v) is 18.4. The van der Waals surface area contributed by atoms with E-state index >= 15 is 0 Å². The first kappa shape index (κ1) is 21.4. The van der Waals surface area contributed by atoms with Crippen LogP contribution in [0.1, 0.15) is 22.6 Å². The molecule has 1 aliphatic heterocycles. The maximum atomic E-state index is 12.6. The van der Waals surface area contributed by atoms with Gasteiger partial charge in [0.05, 0.1) is 27.4 Å². The highest BCUT2D eigenvalue weighted by atomic mass is 35.5. The number of fused-ring (bicyclic) bond motifs is 1. The highest BCUT2D eigenvalue weighted by molar-refractivity contribution is 7.22. The summed E-state index contributed by atoms with van der Waals surface area (Å²) < 4.78 is 11.2. The summed E-state index contributed by atoms with van der Waals surface area (Å²) in [5, 5.41) is 13.2. The van der Waals surface area contributed by atoms with Gasteiger partial charge < -0.3 is 29.8 Å². The Labute approximate surface area is 186 Å². The molecule has 9 nitrogen and oxygen atoms in total. The van der Waals surface area contributed by atoms with Crippen molar-refractivity contribution >= 4 is 50.3 Å². The maximum Gasteiger partial charge on any atom is 0.511 e. The van der Waals surface area contributed by atoms with Crippen molar-refractivity contribution in [2.75, 3.05) is 25.1 Å². The van der Waals surface area contributed by atoms with Crippen LogP contribution in [0.4, 0.5) is 9.93 Å². The molecule has 3 N–H and O–H groups in total. The van der Waals surface area contributed by atoms with Gasteiger partial charge in [0.25, 0.3) is 5.91 Å². The van der Waals surface area contributed by atoms with Gasteiger partial charge >= 0.3 is 6.16 Å². The first-order valence-electron chi connectivity index (χ1n) is 9.59. The smallest absolute Gasteiger partial charge is 0.449 e. The first-order chi connectivity index (χ1) is 14.9. The van der Waals surface area contributed by atoms with E-state index < -0.39 is 6.16 Å². The average Bonchev–Trinajstić information content (AvgIpc) is 3.32. The number of anilines is 1. The van der Waals surface area contributed by atoms with E-state index in [-0.39, 0.29) is 23.8 Å². The molecule has 1 saturated heterocycles. The van der Waals surface area contributed by atoms with E-state index in [0.29, 0.717) is 40.4 Å². The summed E-state index contributed by atoms with van der Waals surface area (Å²) in [5.41, 5.74) is 1.83. The SMILES string of the molecule is CO[C@H]1CN(c2nc3cccc(OC(=O)O)c3s2)CC[C@H]1NC(=O)c1cc(Cl)c(C)[nH]1. The summed E-state index contributed by atoms with van der Waals surface area (Å²) in [4.78, 5) is 33.2. The second-order valence-corrected chi connectivity index (χ2v) is 8.60. The number of carbonyl (C=O) groups is 2. The number of H-pyrrole nitrogens is 1. The molecule has 0 bridgehead atoms. The Balaban J connectivity index is 1.48. The second-order valence-electron chi connectivity index (χ2n) is 7.21. The normalized spacial score (nSPS) is 18.9. The summed E-state index contributed by atoms with van der Waals surface area (Å²) in [7, 11) is 1.61. The molecule has 1 amide bonds. The zero-order valence-electron chi connectivity index (χ0n) is 16.8. The number of aryl methyl sites for hydroxylation is 1. The van der Waals surface area contributed by atoms with Gasteiger partial charge in [0, 0.05) is 25.9 Å². The van der Waals surface area contributed by atoms with E-state index in [0.717, 1.165) is 10.8 Å². The summed E-state index contributed by atoms with van der Waals surface area (Å²) >= 11 is 7.41. The Bertz CT molecular complexity index is 1110. The lowest BCUT2D eigenvalue weighted by Crippen LogP contribution is -2.55. The van der Waals surface area contributed by atoms with Gasteiger partial charge in [0.15, 0.2) is 10.9 Å². The van der Waals surface area contributed by atoms with Crippen molar-refractivity contribution in [3.8, 4) is 5.75 Å². The van der Waals surface area contributed by atoms with E-state index in [9.17, 15) is 9.59 Å². The highest BCUT2D eigenvalue weighted by Gasteiger charge is 2.32. The van der Waals surface area contributed by atoms with Crippen LogP contribution >= 0.6 is 22.9 Å². The summed E-state index contributed by atoms with van der Waals surface area (Å²) in [6.07, 6.45) is -0.950. The zero-order chi connectivity index (χ0) is 22.1. The van der Waals surface area contributed by atoms with Crippen LogP contribution in [0.15, 0.2) is 24.3 Å². The second kappa shape index (κ2) is 8.74. The molecule has 31 heavy (non-hydrogen) atoms. The average molecular weight is 465 g/mol. The lowest BCUT2D eigenvalue weighted by atomic mass is 10.0. The Morgan fingerprint density at radius 3 is 2.90 bits per heavy atom. The molecule has 2 atom stereocenters. The number of aromatic nitrogens is 2. The van der Waals surface area contributed by atoms with Gasteiger partial charge in [-0.15, -0.1) is 0 Å². The molecule has 1 aromatic carbocycles. The fourth-order valence-corrected chi connectivity index (χ4v) is 4.82. The van der Waals surface area contributed by atoms with Gasteiger partial charge in [0.2, 0.25) is 0 Å². The quantitative estimate of drug-likeness (QED) is 0.389. The molecule has 1 fully saturated rings. The molecule has 2 aromatic heterocycles. The third-order valence-electron chi connectivity index (χ3n) is 5.21. The number of piperidine rings is 1. The third-order valence-corrected chi connectivity index (χ3v) is 6.75. The molecule has 0 spiro atoms. The molecule has 3 heterocycles. The van der Waals surface area contributed by atoms with Crippen LogP contribution in [-0.4, -0.2) is 59.5 Å². The van der Waals surface area contributed by atoms with Crippen molar-refractivity contribution < 1.29 is 24.2 Å². The number of halogens is 1. The largest absolute Gasteiger partial charge is 0.511 e. The summed E-state index contributed by atoms with van der Waals surface area (Å²) in [6, 6.07) is 6.57. The van der Waals surface area contributed by atoms with Gasteiger partial charge in [-0.1, -0.05) is 29.0 Å². The van der Waals surface area contributed by atoms with E-state index in [1.54, 1.807) is 32.2 Å². The van der Waals surface area contributed by atoms with Crippen molar-refractivity contribution in [1.29, 1.82) is 0 Å². The van der Waals surface area contributed by atoms with E-state index in [2.05, 4.69) is 20.2 Å². The highest BCUT2D eigenvalue weighted by Crippen LogP contribution is 2.36. The lowest BCUT2D eigenvalue weighted by Gasteiger charge is -2.37. The van der Waals surface area contributed by atoms with E-state index in [4.69, 9.17) is 26.2 Å². The lowest BCUT2D eigenvalue weighted by molar-refractivity contribution is 0.0540. The predicted octanol–water partition coefficient (Wildman–Crippen LogP) is 3.67. The topological polar surface area (TPSA) is 117 Å². The number of carbonyl (C=O) groups excluding carboxylic acids is 1. The van der Waals surface area contributed by atoms with Gasteiger partial charge in [-0.2, -0.15) is 0 Å². The van der Waals surface area contributed by atoms with E-state index in [1.165, 1.54) is 11.3 Å². The van der Waals surface area contributed by atoms with Gasteiger partial charge in [-0.05, 0) is 31.5 Å². The fourth-order valence-electron chi connectivity index (χ4n) is 3.62. The van der Waals surface area contributed by atoms with Crippen LogP contribution in [-0.2, 0) is 4.74 Å². The number of carboxylic acid groups (broad SMARTS) is 1. The Hall–Kier alpha value is -2.82. The number of nitrogens with zero attached hydrogens (tertiary/aromatic N) is 2. The molecule has 4 rings (SSSR count). The van der Waals surface area contributed by atoms with Crippen molar-refractivity contribution in [2.24, 2.45) is 0 Å². The molecule has 0 unspecified atom stereocenters. The molecule has 164 valence electrons. The Morgan fingerprint density at radius 2 is 2.23 bits per heavy atom. The minimum atomic E-state index is -1.36. The minimum absolute atomic E-state index is 0.170. The molecule has 1 aliphatic rings. The number of thiazole rings is 1. The molecule has 3 aromatic rings. The van der Waals surface area contributed by atoms with Crippen LogP contribution in [0.25, 0.3) is 10.2 Å². The number of benzene rings is 1. The van der Waals surface area contributed by atoms with Crippen molar-refractivity contribution in [2.45, 2.75) is 25.5 Å². The number of hydrogen-bond donors (Lipinski definition) is 3. The number of ether oxygens (including phenoxy) is 2. The number of methoxy groups -OCH3 is 1. The van der Waals surface area contributed by atoms with Crippen molar-refractivity contribution in [1.82, 2.24) is 15.3 Å². The van der Waals surface area contributed by atoms with Crippen molar-refractivity contribution in [3.63, 3.8) is 0 Å². The standard InChI is InChI=1S/C20H21ClN4O5S/c1-10-11(21)8-14(22-10)18(26)23-12-6-7-25(9-16(12)29-2)19-24-13-4-3-5-15(17(13)31-19)30-20(27)28/h3-5,8,12,16,22H,6-7,9H2,1-2H3,(H,23,26)(H,27,28)/t12-,16+/m1/s1. The minimum Gasteiger partial charge on any atom is -0.449 e. The predicted molar refractivity (Wildman–Crippen MR) is 118 cm³/mol. The fraction of sp³-hybridized carbons (Fsp3) is 0.350. The Kier molecular flexibility index (Phi) is 6.03. The number of amides is 1.